The molecule has 0 amide bonds. The summed E-state index contributed by atoms with van der Waals surface area (Å²) in [6.07, 6.45) is 0.162. The van der Waals surface area contributed by atoms with Crippen molar-refractivity contribution in [1.29, 1.82) is 0 Å². The Bertz CT molecular complexity index is 138. The summed E-state index contributed by atoms with van der Waals surface area (Å²) in [5.41, 5.74) is -0.187. The highest BCUT2D eigenvalue weighted by Gasteiger charge is 2.22. The minimum atomic E-state index is -0.301. The van der Waals surface area contributed by atoms with Gasteiger partial charge in [-0.15, -0.1) is 6.58 Å². The van der Waals surface area contributed by atoms with E-state index in [2.05, 4.69) is 6.58 Å². The molecular weight excluding hydrogens is 151 g/mol. The second-order valence-corrected chi connectivity index (χ2v) is 4.02. The van der Waals surface area contributed by atoms with Gasteiger partial charge in [-0.2, -0.15) is 0 Å². The average Bonchev–Trinajstić information content (AvgIpc) is 1.82. The number of rotatable bonds is 4. The van der Waals surface area contributed by atoms with E-state index >= 15 is 0 Å². The van der Waals surface area contributed by atoms with Gasteiger partial charge in [0.25, 0.3) is 0 Å². The predicted molar refractivity (Wildman–Crippen MR) is 53.0 cm³/mol. The minimum absolute atomic E-state index is 0.162. The molecule has 0 N–H and O–H groups in total. The molecule has 0 aromatic heterocycles. The Labute approximate surface area is 76.1 Å². The summed E-state index contributed by atoms with van der Waals surface area (Å²) in [6, 6.07) is 0. The molecule has 0 unspecified atom stereocenters. The van der Waals surface area contributed by atoms with Crippen molar-refractivity contribution in [2.75, 3.05) is 0 Å². The van der Waals surface area contributed by atoms with Crippen LogP contribution in [0.15, 0.2) is 12.6 Å². The normalized spacial score (nSPS) is 11.8. The molecule has 0 saturated heterocycles. The van der Waals surface area contributed by atoms with Gasteiger partial charge in [-0.3, -0.25) is 0 Å². The lowest BCUT2D eigenvalue weighted by molar-refractivity contribution is 0.0749. The lowest BCUT2D eigenvalue weighted by Crippen LogP contribution is -2.33. The lowest BCUT2D eigenvalue weighted by atomic mass is 9.88. The van der Waals surface area contributed by atoms with Crippen LogP contribution in [0, 0.1) is 0 Å². The molecule has 0 aromatic carbocycles. The fraction of sp³-hybridized carbons (Fsp3) is 0.778. The quantitative estimate of drug-likeness (QED) is 0.603. The fourth-order valence-corrected chi connectivity index (χ4v) is 0.748. The molecule has 0 rings (SSSR count). The van der Waals surface area contributed by atoms with Crippen molar-refractivity contribution in [3.63, 3.8) is 0 Å². The van der Waals surface area contributed by atoms with Crippen LogP contribution in [0.4, 0.5) is 0 Å². The van der Waals surface area contributed by atoms with E-state index in [-0.39, 0.29) is 18.8 Å². The molecule has 0 aliphatic rings. The van der Waals surface area contributed by atoms with Gasteiger partial charge in [0.2, 0.25) is 0 Å². The van der Waals surface area contributed by atoms with Gasteiger partial charge in [0, 0.05) is 11.7 Å². The van der Waals surface area contributed by atoms with Gasteiger partial charge in [-0.05, 0) is 34.6 Å². The molecule has 12 heavy (non-hydrogen) atoms. The summed E-state index contributed by atoms with van der Waals surface area (Å²) in [5, 5.41) is 0. The van der Waals surface area contributed by atoms with Gasteiger partial charge in [0.15, 0.2) is 0 Å². The maximum Gasteiger partial charge on any atom is 0.486 e. The van der Waals surface area contributed by atoms with Crippen molar-refractivity contribution >= 4 is 7.12 Å². The second-order valence-electron chi connectivity index (χ2n) is 4.02. The van der Waals surface area contributed by atoms with E-state index in [1.54, 1.807) is 5.98 Å². The third kappa shape index (κ3) is 6.44. The molecule has 2 nitrogen and oxygen atoms in total. The summed E-state index contributed by atoms with van der Waals surface area (Å²) in [6.45, 7) is 13.6. The maximum atomic E-state index is 5.56. The van der Waals surface area contributed by atoms with Crippen molar-refractivity contribution in [3.05, 3.63) is 12.6 Å². The van der Waals surface area contributed by atoms with Crippen LogP contribution in [0.5, 0.6) is 0 Å². The molecule has 0 aromatic rings. The van der Waals surface area contributed by atoms with Crippen LogP contribution < -0.4 is 0 Å². The Kier molecular flexibility index (Phi) is 4.57. The molecule has 0 saturated carbocycles. The van der Waals surface area contributed by atoms with Crippen molar-refractivity contribution in [2.45, 2.75) is 46.3 Å². The largest absolute Gasteiger partial charge is 0.486 e. The van der Waals surface area contributed by atoms with E-state index in [0.717, 1.165) is 0 Å². The Morgan fingerprint density at radius 3 is 2.08 bits per heavy atom. The second kappa shape index (κ2) is 4.68. The first-order valence-corrected chi connectivity index (χ1v) is 4.31. The third-order valence-electron chi connectivity index (χ3n) is 1.07. The van der Waals surface area contributed by atoms with Gasteiger partial charge >= 0.3 is 7.12 Å². The van der Waals surface area contributed by atoms with Gasteiger partial charge in [-0.1, -0.05) is 5.98 Å². The molecule has 0 bridgehead atoms. The first-order chi connectivity index (χ1) is 5.35. The van der Waals surface area contributed by atoms with E-state index in [4.69, 9.17) is 9.31 Å². The Morgan fingerprint density at radius 2 is 1.83 bits per heavy atom. The van der Waals surface area contributed by atoms with Crippen molar-refractivity contribution < 1.29 is 9.31 Å². The van der Waals surface area contributed by atoms with Gasteiger partial charge in [0.05, 0.1) is 0 Å². The van der Waals surface area contributed by atoms with Crippen LogP contribution in [0.25, 0.3) is 0 Å². The lowest BCUT2D eigenvalue weighted by Gasteiger charge is -2.24. The smallest absolute Gasteiger partial charge is 0.405 e. The topological polar surface area (TPSA) is 18.5 Å². The van der Waals surface area contributed by atoms with E-state index in [9.17, 15) is 0 Å². The highest BCUT2D eigenvalue weighted by atomic mass is 16.6. The van der Waals surface area contributed by atoms with E-state index in [0.29, 0.717) is 0 Å². The van der Waals surface area contributed by atoms with Crippen LogP contribution in [0.2, 0.25) is 0 Å². The van der Waals surface area contributed by atoms with Crippen LogP contribution in [-0.4, -0.2) is 18.8 Å². The summed E-state index contributed by atoms with van der Waals surface area (Å²) in [7, 11) is -0.301. The van der Waals surface area contributed by atoms with Gasteiger partial charge in [-0.25, -0.2) is 0 Å². The molecule has 0 atom stereocenters. The third-order valence-corrected chi connectivity index (χ3v) is 1.07. The van der Waals surface area contributed by atoms with Crippen LogP contribution in [0.1, 0.15) is 34.6 Å². The zero-order chi connectivity index (χ0) is 9.78. The summed E-state index contributed by atoms with van der Waals surface area (Å²) in [5.74, 6) is 1.67. The fourth-order valence-electron chi connectivity index (χ4n) is 0.748. The maximum absolute atomic E-state index is 5.56. The van der Waals surface area contributed by atoms with E-state index in [1.807, 2.05) is 34.6 Å². The van der Waals surface area contributed by atoms with E-state index < -0.39 is 0 Å². The molecule has 0 spiro atoms. The zero-order valence-corrected chi connectivity index (χ0v) is 8.76. The summed E-state index contributed by atoms with van der Waals surface area (Å²) in [4.78, 5) is 0. The first kappa shape index (κ1) is 11.7. The molecule has 0 heterocycles. The van der Waals surface area contributed by atoms with Crippen LogP contribution >= 0.6 is 0 Å². The molecule has 3 heteroatoms. The van der Waals surface area contributed by atoms with Crippen LogP contribution in [0.3, 0.4) is 0 Å². The Morgan fingerprint density at radius 1 is 1.33 bits per heavy atom. The van der Waals surface area contributed by atoms with Crippen molar-refractivity contribution in [3.8, 4) is 0 Å². The van der Waals surface area contributed by atoms with E-state index in [1.165, 1.54) is 0 Å². The molecule has 70 valence electrons. The average molecular weight is 170 g/mol. The number of hydrogen-bond acceptors (Lipinski definition) is 2. The number of hydrogen-bond donors (Lipinski definition) is 0. The SMILES string of the molecule is C=CB(OC(C)C)OC(C)(C)C. The Hall–Kier alpha value is -0.275. The monoisotopic (exact) mass is 170 g/mol. The molecule has 0 fully saturated rings. The van der Waals surface area contributed by atoms with Crippen molar-refractivity contribution in [1.82, 2.24) is 0 Å². The molecule has 0 radical (unpaired) electrons. The molecule has 0 aliphatic heterocycles. The van der Waals surface area contributed by atoms with Gasteiger partial charge in [0.1, 0.15) is 0 Å². The zero-order valence-electron chi connectivity index (χ0n) is 8.76. The molecule has 0 aliphatic carbocycles. The highest BCUT2D eigenvalue weighted by molar-refractivity contribution is 6.50. The molecular formula is C9H19BO2. The first-order valence-electron chi connectivity index (χ1n) is 4.31. The Balaban J connectivity index is 3.92. The highest BCUT2D eigenvalue weighted by Crippen LogP contribution is 2.10. The summed E-state index contributed by atoms with van der Waals surface area (Å²) >= 11 is 0. The predicted octanol–water partition coefficient (Wildman–Crippen LogP) is 2.44. The standard InChI is InChI=1S/C9H19BO2/c1-7-10(11-8(2)3)12-9(4,5)6/h7-8H,1H2,2-6H3. The van der Waals surface area contributed by atoms with Crippen molar-refractivity contribution in [2.24, 2.45) is 0 Å². The van der Waals surface area contributed by atoms with Crippen LogP contribution in [-0.2, 0) is 9.31 Å². The van der Waals surface area contributed by atoms with Gasteiger partial charge < -0.3 is 9.31 Å². The summed E-state index contributed by atoms with van der Waals surface area (Å²) < 4.78 is 11.0. The minimum Gasteiger partial charge on any atom is -0.405 e.